The van der Waals surface area contributed by atoms with Gasteiger partial charge in [0, 0.05) is 17.5 Å². The van der Waals surface area contributed by atoms with Gasteiger partial charge in [0.25, 0.3) is 0 Å². The Morgan fingerprint density at radius 1 is 1.37 bits per heavy atom. The molecule has 2 aromatic rings. The summed E-state index contributed by atoms with van der Waals surface area (Å²) in [7, 11) is 2.06. The van der Waals surface area contributed by atoms with Gasteiger partial charge >= 0.3 is 0 Å². The summed E-state index contributed by atoms with van der Waals surface area (Å²) in [6, 6.07) is 6.53. The highest BCUT2D eigenvalue weighted by atomic mass is 32.2. The summed E-state index contributed by atoms with van der Waals surface area (Å²) in [5, 5.41) is 13.6. The molecule has 5 heteroatoms. The number of hydrogen-bond acceptors (Lipinski definition) is 4. The summed E-state index contributed by atoms with van der Waals surface area (Å²) >= 11 is 1.85. The van der Waals surface area contributed by atoms with Crippen LogP contribution in [0.4, 0.5) is 0 Å². The average molecular weight is 276 g/mol. The SMILES string of the molecule is CNC1C(Sc2nnc3ccccn23)CCC1(C)C. The van der Waals surface area contributed by atoms with Crippen molar-refractivity contribution in [2.24, 2.45) is 5.41 Å². The quantitative estimate of drug-likeness (QED) is 0.935. The van der Waals surface area contributed by atoms with Crippen LogP contribution in [0.1, 0.15) is 26.7 Å². The molecule has 4 nitrogen and oxygen atoms in total. The van der Waals surface area contributed by atoms with Crippen LogP contribution >= 0.6 is 11.8 Å². The molecule has 0 amide bonds. The van der Waals surface area contributed by atoms with Gasteiger partial charge in [-0.25, -0.2) is 0 Å². The van der Waals surface area contributed by atoms with E-state index in [-0.39, 0.29) is 0 Å². The lowest BCUT2D eigenvalue weighted by atomic mass is 9.87. The molecule has 0 aliphatic heterocycles. The number of thioether (sulfide) groups is 1. The second-order valence-corrected chi connectivity index (χ2v) is 7.07. The first kappa shape index (κ1) is 12.9. The van der Waals surface area contributed by atoms with Gasteiger partial charge < -0.3 is 5.32 Å². The molecule has 2 aromatic heterocycles. The van der Waals surface area contributed by atoms with E-state index < -0.39 is 0 Å². The van der Waals surface area contributed by atoms with Gasteiger partial charge in [-0.3, -0.25) is 4.40 Å². The zero-order valence-electron chi connectivity index (χ0n) is 11.6. The van der Waals surface area contributed by atoms with Crippen LogP contribution in [0, 0.1) is 5.41 Å². The number of rotatable bonds is 3. The number of aromatic nitrogens is 3. The Balaban J connectivity index is 1.86. The van der Waals surface area contributed by atoms with Crippen LogP contribution in [0.5, 0.6) is 0 Å². The maximum absolute atomic E-state index is 4.32. The number of nitrogens with one attached hydrogen (secondary N) is 1. The van der Waals surface area contributed by atoms with Crippen molar-refractivity contribution in [1.29, 1.82) is 0 Å². The van der Waals surface area contributed by atoms with Gasteiger partial charge in [-0.2, -0.15) is 0 Å². The summed E-state index contributed by atoms with van der Waals surface area (Å²) in [6.07, 6.45) is 4.52. The molecule has 1 saturated carbocycles. The van der Waals surface area contributed by atoms with E-state index in [1.54, 1.807) is 0 Å². The predicted molar refractivity (Wildman–Crippen MR) is 78.5 cm³/mol. The summed E-state index contributed by atoms with van der Waals surface area (Å²) in [6.45, 7) is 4.69. The third-order valence-electron chi connectivity index (χ3n) is 4.14. The molecule has 2 unspecified atom stereocenters. The molecule has 1 aliphatic carbocycles. The highest BCUT2D eigenvalue weighted by Gasteiger charge is 2.41. The van der Waals surface area contributed by atoms with E-state index in [4.69, 9.17) is 0 Å². The first-order valence-corrected chi connectivity index (χ1v) is 7.63. The Bertz CT molecular complexity index is 578. The van der Waals surface area contributed by atoms with Gasteiger partial charge in [-0.1, -0.05) is 31.7 Å². The normalized spacial score (nSPS) is 26.1. The Kier molecular flexibility index (Phi) is 3.27. The van der Waals surface area contributed by atoms with Crippen LogP contribution in [0.2, 0.25) is 0 Å². The summed E-state index contributed by atoms with van der Waals surface area (Å²) in [4.78, 5) is 0. The van der Waals surface area contributed by atoms with Crippen molar-refractivity contribution in [3.8, 4) is 0 Å². The molecule has 0 saturated heterocycles. The Labute approximate surface area is 118 Å². The van der Waals surface area contributed by atoms with Crippen molar-refractivity contribution in [1.82, 2.24) is 19.9 Å². The number of fused-ring (bicyclic) bond motifs is 1. The molecular weight excluding hydrogens is 256 g/mol. The molecular formula is C14H20N4S. The van der Waals surface area contributed by atoms with Crippen LogP contribution in [0.15, 0.2) is 29.6 Å². The highest BCUT2D eigenvalue weighted by Crippen LogP contribution is 2.44. The molecule has 1 fully saturated rings. The fraction of sp³-hybridized carbons (Fsp3) is 0.571. The van der Waals surface area contributed by atoms with E-state index in [1.165, 1.54) is 12.8 Å². The molecule has 0 aromatic carbocycles. The van der Waals surface area contributed by atoms with Crippen LogP contribution in [-0.2, 0) is 0 Å². The van der Waals surface area contributed by atoms with Gasteiger partial charge in [-0.15, -0.1) is 10.2 Å². The topological polar surface area (TPSA) is 42.2 Å². The van der Waals surface area contributed by atoms with Crippen LogP contribution in [0.25, 0.3) is 5.65 Å². The van der Waals surface area contributed by atoms with Crippen molar-refractivity contribution < 1.29 is 0 Å². The molecule has 19 heavy (non-hydrogen) atoms. The fourth-order valence-corrected chi connectivity index (χ4v) is 4.58. The summed E-state index contributed by atoms with van der Waals surface area (Å²) in [5.41, 5.74) is 1.27. The standard InChI is InChI=1S/C14H20N4S/c1-14(2)8-7-10(12(14)15-3)19-13-17-16-11-6-4-5-9-18(11)13/h4-6,9-10,12,15H,7-8H2,1-3H3. The van der Waals surface area contributed by atoms with E-state index in [9.17, 15) is 0 Å². The first-order chi connectivity index (χ1) is 9.12. The molecule has 0 bridgehead atoms. The van der Waals surface area contributed by atoms with Crippen molar-refractivity contribution in [2.75, 3.05) is 7.05 Å². The van der Waals surface area contributed by atoms with Crippen molar-refractivity contribution in [3.05, 3.63) is 24.4 Å². The van der Waals surface area contributed by atoms with E-state index >= 15 is 0 Å². The fourth-order valence-electron chi connectivity index (χ4n) is 3.08. The van der Waals surface area contributed by atoms with Crippen LogP contribution in [-0.4, -0.2) is 32.9 Å². The minimum absolute atomic E-state index is 0.354. The third-order valence-corrected chi connectivity index (χ3v) is 5.44. The second kappa shape index (κ2) is 4.80. The van der Waals surface area contributed by atoms with E-state index in [1.807, 2.05) is 36.2 Å². The number of hydrogen-bond donors (Lipinski definition) is 1. The second-order valence-electron chi connectivity index (χ2n) is 5.86. The molecule has 0 radical (unpaired) electrons. The van der Waals surface area contributed by atoms with Gasteiger partial charge in [0.05, 0.1) is 0 Å². The van der Waals surface area contributed by atoms with Crippen molar-refractivity contribution >= 4 is 17.4 Å². The summed E-state index contributed by atoms with van der Waals surface area (Å²) in [5.74, 6) is 0. The minimum Gasteiger partial charge on any atom is -0.315 e. The van der Waals surface area contributed by atoms with Crippen molar-refractivity contribution in [3.63, 3.8) is 0 Å². The number of nitrogens with zero attached hydrogens (tertiary/aromatic N) is 3. The lowest BCUT2D eigenvalue weighted by molar-refractivity contribution is 0.300. The Morgan fingerprint density at radius 2 is 2.21 bits per heavy atom. The average Bonchev–Trinajstić information content (AvgIpc) is 2.92. The monoisotopic (exact) mass is 276 g/mol. The van der Waals surface area contributed by atoms with Crippen LogP contribution in [0.3, 0.4) is 0 Å². The van der Waals surface area contributed by atoms with E-state index in [0.717, 1.165) is 10.8 Å². The lowest BCUT2D eigenvalue weighted by Crippen LogP contribution is -2.41. The highest BCUT2D eigenvalue weighted by molar-refractivity contribution is 7.99. The van der Waals surface area contributed by atoms with Gasteiger partial charge in [0.15, 0.2) is 10.8 Å². The molecule has 1 aliphatic rings. The minimum atomic E-state index is 0.354. The molecule has 2 atom stereocenters. The van der Waals surface area contributed by atoms with Gasteiger partial charge in [0.1, 0.15) is 0 Å². The zero-order chi connectivity index (χ0) is 13.5. The van der Waals surface area contributed by atoms with Crippen molar-refractivity contribution in [2.45, 2.75) is 43.1 Å². The first-order valence-electron chi connectivity index (χ1n) is 6.75. The smallest absolute Gasteiger partial charge is 0.195 e. The predicted octanol–water partition coefficient (Wildman–Crippen LogP) is 2.60. The molecule has 2 heterocycles. The maximum atomic E-state index is 4.32. The lowest BCUT2D eigenvalue weighted by Gasteiger charge is -2.29. The summed E-state index contributed by atoms with van der Waals surface area (Å²) < 4.78 is 2.07. The van der Waals surface area contributed by atoms with E-state index in [2.05, 4.69) is 40.8 Å². The van der Waals surface area contributed by atoms with E-state index in [0.29, 0.717) is 16.7 Å². The molecule has 3 rings (SSSR count). The van der Waals surface area contributed by atoms with Gasteiger partial charge in [0.2, 0.25) is 0 Å². The van der Waals surface area contributed by atoms with Gasteiger partial charge in [-0.05, 0) is 37.4 Å². The largest absolute Gasteiger partial charge is 0.315 e. The third kappa shape index (κ3) is 2.25. The van der Waals surface area contributed by atoms with Crippen LogP contribution < -0.4 is 5.32 Å². The Hall–Kier alpha value is -1.07. The molecule has 1 N–H and O–H groups in total. The zero-order valence-corrected chi connectivity index (χ0v) is 12.4. The number of pyridine rings is 1. The Morgan fingerprint density at radius 3 is 3.00 bits per heavy atom. The maximum Gasteiger partial charge on any atom is 0.195 e. The molecule has 102 valence electrons. The molecule has 0 spiro atoms.